The van der Waals surface area contributed by atoms with Crippen LogP contribution >= 0.6 is 0 Å². The number of likely N-dealkylation sites (tertiary alicyclic amines) is 1. The fourth-order valence-electron chi connectivity index (χ4n) is 2.29. The van der Waals surface area contributed by atoms with Gasteiger partial charge in [-0.15, -0.1) is 0 Å². The first-order chi connectivity index (χ1) is 8.68. The van der Waals surface area contributed by atoms with Gasteiger partial charge in [-0.3, -0.25) is 19.3 Å². The third-order valence-electron chi connectivity index (χ3n) is 3.40. The minimum absolute atomic E-state index is 0.0856. The Kier molecular flexibility index (Phi) is 4.30. The van der Waals surface area contributed by atoms with E-state index in [4.69, 9.17) is 0 Å². The third kappa shape index (κ3) is 3.07. The highest BCUT2D eigenvalue weighted by Gasteiger charge is 2.28. The Bertz CT molecular complexity index is 332. The Morgan fingerprint density at radius 2 is 1.61 bits per heavy atom. The standard InChI is InChI=1S/C12H19N3O3/c16-10-3-1-2-4-11(17)15(10)9-12(18)14-7-5-13-6-8-14/h13H,1-9H2. The summed E-state index contributed by atoms with van der Waals surface area (Å²) in [7, 11) is 0. The predicted octanol–water partition coefficient (Wildman–Crippen LogP) is -0.653. The van der Waals surface area contributed by atoms with Crippen LogP contribution in [0.1, 0.15) is 25.7 Å². The number of hydrogen-bond donors (Lipinski definition) is 1. The van der Waals surface area contributed by atoms with E-state index >= 15 is 0 Å². The van der Waals surface area contributed by atoms with Crippen molar-refractivity contribution < 1.29 is 14.4 Å². The number of piperazine rings is 1. The molecule has 0 unspecified atom stereocenters. The summed E-state index contributed by atoms with van der Waals surface area (Å²) in [6.07, 6.45) is 2.23. The first-order valence-electron chi connectivity index (χ1n) is 6.50. The Balaban J connectivity index is 1.95. The van der Waals surface area contributed by atoms with Gasteiger partial charge >= 0.3 is 0 Å². The van der Waals surface area contributed by atoms with E-state index in [0.29, 0.717) is 25.9 Å². The van der Waals surface area contributed by atoms with E-state index in [9.17, 15) is 14.4 Å². The quantitative estimate of drug-likeness (QED) is 0.664. The van der Waals surface area contributed by atoms with Gasteiger partial charge in [-0.2, -0.15) is 0 Å². The molecule has 0 aromatic heterocycles. The van der Waals surface area contributed by atoms with E-state index < -0.39 is 0 Å². The smallest absolute Gasteiger partial charge is 0.242 e. The predicted molar refractivity (Wildman–Crippen MR) is 64.6 cm³/mol. The zero-order chi connectivity index (χ0) is 13.0. The third-order valence-corrected chi connectivity index (χ3v) is 3.40. The van der Waals surface area contributed by atoms with E-state index in [2.05, 4.69) is 5.32 Å². The Hall–Kier alpha value is -1.43. The van der Waals surface area contributed by atoms with E-state index in [1.165, 1.54) is 0 Å². The zero-order valence-electron chi connectivity index (χ0n) is 10.5. The molecule has 0 radical (unpaired) electrons. The largest absolute Gasteiger partial charge is 0.339 e. The van der Waals surface area contributed by atoms with Gasteiger partial charge in [-0.1, -0.05) is 0 Å². The maximum absolute atomic E-state index is 12.0. The fraction of sp³-hybridized carbons (Fsp3) is 0.750. The van der Waals surface area contributed by atoms with E-state index in [-0.39, 0.29) is 24.3 Å². The molecule has 0 spiro atoms. The summed E-state index contributed by atoms with van der Waals surface area (Å²) < 4.78 is 0. The fourth-order valence-corrected chi connectivity index (χ4v) is 2.29. The Morgan fingerprint density at radius 1 is 1.06 bits per heavy atom. The molecule has 6 nitrogen and oxygen atoms in total. The first-order valence-corrected chi connectivity index (χ1v) is 6.50. The lowest BCUT2D eigenvalue weighted by molar-refractivity contribution is -0.149. The van der Waals surface area contributed by atoms with Crippen LogP contribution in [0.3, 0.4) is 0 Å². The molecule has 2 rings (SSSR count). The minimum atomic E-state index is -0.207. The topological polar surface area (TPSA) is 69.7 Å². The Morgan fingerprint density at radius 3 is 2.17 bits per heavy atom. The molecule has 2 fully saturated rings. The van der Waals surface area contributed by atoms with Crippen molar-refractivity contribution in [3.63, 3.8) is 0 Å². The van der Waals surface area contributed by atoms with Gasteiger partial charge in [0.15, 0.2) is 0 Å². The number of rotatable bonds is 2. The molecular formula is C12H19N3O3. The summed E-state index contributed by atoms with van der Waals surface area (Å²) in [6.45, 7) is 2.75. The highest BCUT2D eigenvalue weighted by Crippen LogP contribution is 2.12. The number of carbonyl (C=O) groups is 3. The molecule has 2 saturated heterocycles. The van der Waals surface area contributed by atoms with Crippen LogP contribution in [0.2, 0.25) is 0 Å². The molecule has 3 amide bonds. The van der Waals surface area contributed by atoms with E-state index in [0.717, 1.165) is 30.8 Å². The van der Waals surface area contributed by atoms with Gasteiger partial charge < -0.3 is 10.2 Å². The highest BCUT2D eigenvalue weighted by atomic mass is 16.2. The minimum Gasteiger partial charge on any atom is -0.339 e. The lowest BCUT2D eigenvalue weighted by Gasteiger charge is -2.29. The first kappa shape index (κ1) is 13.0. The molecule has 100 valence electrons. The maximum atomic E-state index is 12.0. The van der Waals surface area contributed by atoms with Crippen LogP contribution in [0.4, 0.5) is 0 Å². The maximum Gasteiger partial charge on any atom is 0.242 e. The summed E-state index contributed by atoms with van der Waals surface area (Å²) >= 11 is 0. The van der Waals surface area contributed by atoms with E-state index in [1.54, 1.807) is 4.90 Å². The van der Waals surface area contributed by atoms with Crippen molar-refractivity contribution in [2.75, 3.05) is 32.7 Å². The number of carbonyl (C=O) groups excluding carboxylic acids is 3. The SMILES string of the molecule is O=C(CN1C(=O)CCCCC1=O)N1CCNCC1. The van der Waals surface area contributed by atoms with Crippen molar-refractivity contribution in [2.24, 2.45) is 0 Å². The number of hydrogen-bond acceptors (Lipinski definition) is 4. The average molecular weight is 253 g/mol. The van der Waals surface area contributed by atoms with Gasteiger partial charge in [0, 0.05) is 39.0 Å². The summed E-state index contributed by atoms with van der Waals surface area (Å²) in [5.41, 5.74) is 0. The molecule has 1 N–H and O–H groups in total. The van der Waals surface area contributed by atoms with E-state index in [1.807, 2.05) is 0 Å². The van der Waals surface area contributed by atoms with Crippen molar-refractivity contribution in [1.29, 1.82) is 0 Å². The molecule has 2 aliphatic heterocycles. The van der Waals surface area contributed by atoms with Crippen molar-refractivity contribution in [1.82, 2.24) is 15.1 Å². The number of amides is 3. The van der Waals surface area contributed by atoms with Gasteiger partial charge in [-0.25, -0.2) is 0 Å². The molecular weight excluding hydrogens is 234 g/mol. The molecule has 0 atom stereocenters. The molecule has 2 aliphatic rings. The highest BCUT2D eigenvalue weighted by molar-refractivity contribution is 5.99. The van der Waals surface area contributed by atoms with Crippen LogP contribution in [-0.2, 0) is 14.4 Å². The van der Waals surface area contributed by atoms with Crippen molar-refractivity contribution >= 4 is 17.7 Å². The summed E-state index contributed by atoms with van der Waals surface area (Å²) in [5.74, 6) is -0.540. The van der Waals surface area contributed by atoms with Crippen LogP contribution < -0.4 is 5.32 Å². The molecule has 0 saturated carbocycles. The molecule has 0 bridgehead atoms. The Labute approximate surface area is 106 Å². The summed E-state index contributed by atoms with van der Waals surface area (Å²) in [6, 6.07) is 0. The molecule has 0 aromatic rings. The lowest BCUT2D eigenvalue weighted by atomic mass is 10.2. The second-order valence-electron chi connectivity index (χ2n) is 4.71. The normalized spacial score (nSPS) is 22.0. The van der Waals surface area contributed by atoms with Gasteiger partial charge in [-0.05, 0) is 12.8 Å². The van der Waals surface area contributed by atoms with Crippen LogP contribution in [0.5, 0.6) is 0 Å². The molecule has 2 heterocycles. The van der Waals surface area contributed by atoms with Gasteiger partial charge in [0.1, 0.15) is 6.54 Å². The molecule has 0 aliphatic carbocycles. The van der Waals surface area contributed by atoms with Gasteiger partial charge in [0.25, 0.3) is 0 Å². The van der Waals surface area contributed by atoms with Crippen LogP contribution in [-0.4, -0.2) is 60.2 Å². The molecule has 18 heavy (non-hydrogen) atoms. The van der Waals surface area contributed by atoms with Crippen LogP contribution in [0.25, 0.3) is 0 Å². The number of nitrogens with zero attached hydrogens (tertiary/aromatic N) is 2. The average Bonchev–Trinajstić information content (AvgIpc) is 2.55. The number of imide groups is 1. The summed E-state index contributed by atoms with van der Waals surface area (Å²) in [5, 5.41) is 3.16. The van der Waals surface area contributed by atoms with Crippen LogP contribution in [0.15, 0.2) is 0 Å². The van der Waals surface area contributed by atoms with Gasteiger partial charge in [0.05, 0.1) is 0 Å². The van der Waals surface area contributed by atoms with Crippen LogP contribution in [0, 0.1) is 0 Å². The van der Waals surface area contributed by atoms with Crippen molar-refractivity contribution in [2.45, 2.75) is 25.7 Å². The van der Waals surface area contributed by atoms with Gasteiger partial charge in [0.2, 0.25) is 17.7 Å². The molecule has 6 heteroatoms. The number of nitrogens with one attached hydrogen (secondary N) is 1. The molecule has 0 aromatic carbocycles. The monoisotopic (exact) mass is 253 g/mol. The lowest BCUT2D eigenvalue weighted by Crippen LogP contribution is -2.51. The van der Waals surface area contributed by atoms with Crippen molar-refractivity contribution in [3.8, 4) is 0 Å². The summed E-state index contributed by atoms with van der Waals surface area (Å²) in [4.78, 5) is 38.4. The van der Waals surface area contributed by atoms with Crippen molar-refractivity contribution in [3.05, 3.63) is 0 Å². The second kappa shape index (κ2) is 5.95. The zero-order valence-corrected chi connectivity index (χ0v) is 10.5. The second-order valence-corrected chi connectivity index (χ2v) is 4.71.